The highest BCUT2D eigenvalue weighted by atomic mass is 16.5. The molecule has 118 valence electrons. The molecule has 1 aliphatic rings. The summed E-state index contributed by atoms with van der Waals surface area (Å²) >= 11 is 0. The van der Waals surface area contributed by atoms with E-state index in [9.17, 15) is 0 Å². The van der Waals surface area contributed by atoms with E-state index in [1.165, 1.54) is 5.56 Å². The van der Waals surface area contributed by atoms with Crippen molar-refractivity contribution in [2.45, 2.75) is 13.0 Å². The van der Waals surface area contributed by atoms with Crippen molar-refractivity contribution < 1.29 is 4.74 Å². The monoisotopic (exact) mass is 302 g/mol. The predicted molar refractivity (Wildman–Crippen MR) is 84.4 cm³/mol. The van der Waals surface area contributed by atoms with Crippen LogP contribution >= 0.6 is 0 Å². The molecule has 7 heteroatoms. The Morgan fingerprint density at radius 2 is 2.05 bits per heavy atom. The maximum absolute atomic E-state index is 5.82. The molecule has 7 nitrogen and oxygen atoms in total. The summed E-state index contributed by atoms with van der Waals surface area (Å²) in [7, 11) is 4.11. The molecule has 22 heavy (non-hydrogen) atoms. The van der Waals surface area contributed by atoms with Crippen LogP contribution in [-0.4, -0.2) is 71.5 Å². The third kappa shape index (κ3) is 3.26. The van der Waals surface area contributed by atoms with Crippen molar-refractivity contribution in [1.29, 1.82) is 0 Å². The van der Waals surface area contributed by atoms with Crippen LogP contribution in [0.1, 0.15) is 5.56 Å². The highest BCUT2D eigenvalue weighted by Gasteiger charge is 2.25. The summed E-state index contributed by atoms with van der Waals surface area (Å²) in [6.45, 7) is 5.25. The van der Waals surface area contributed by atoms with Crippen LogP contribution < -0.4 is 4.90 Å². The number of hydrogen-bond donors (Lipinski definition) is 0. The fourth-order valence-corrected chi connectivity index (χ4v) is 2.65. The average molecular weight is 302 g/mol. The van der Waals surface area contributed by atoms with Crippen LogP contribution in [0.3, 0.4) is 0 Å². The normalized spacial score (nSPS) is 18.9. The minimum atomic E-state index is 0.173. The second kappa shape index (κ2) is 6.41. The number of tetrazole rings is 1. The van der Waals surface area contributed by atoms with Crippen LogP contribution in [0.4, 0.5) is 5.95 Å². The number of anilines is 1. The van der Waals surface area contributed by atoms with Crippen LogP contribution in [0, 0.1) is 6.92 Å². The molecular formula is C15H22N6O. The lowest BCUT2D eigenvalue weighted by molar-refractivity contribution is 0.0241. The van der Waals surface area contributed by atoms with Crippen molar-refractivity contribution in [1.82, 2.24) is 25.1 Å². The van der Waals surface area contributed by atoms with Gasteiger partial charge in [-0.1, -0.05) is 22.8 Å². The third-order valence-corrected chi connectivity index (χ3v) is 3.72. The SMILES string of the molecule is Cc1ccc(-n2nnnc2N2CCOC(CN(C)C)C2)cc1. The Bertz CT molecular complexity index is 609. The van der Waals surface area contributed by atoms with E-state index in [2.05, 4.69) is 58.5 Å². The van der Waals surface area contributed by atoms with E-state index in [1.54, 1.807) is 4.68 Å². The van der Waals surface area contributed by atoms with Gasteiger partial charge in [0.05, 0.1) is 18.4 Å². The molecule has 1 fully saturated rings. The smallest absolute Gasteiger partial charge is 0.250 e. The number of hydrogen-bond acceptors (Lipinski definition) is 6. The zero-order valence-corrected chi connectivity index (χ0v) is 13.3. The van der Waals surface area contributed by atoms with Crippen molar-refractivity contribution in [3.8, 4) is 5.69 Å². The average Bonchev–Trinajstić information content (AvgIpc) is 2.97. The summed E-state index contributed by atoms with van der Waals surface area (Å²) < 4.78 is 7.61. The van der Waals surface area contributed by atoms with Gasteiger partial charge in [-0.2, -0.15) is 4.68 Å². The first-order valence-electron chi connectivity index (χ1n) is 7.50. The van der Waals surface area contributed by atoms with Crippen LogP contribution in [0.25, 0.3) is 5.69 Å². The fourth-order valence-electron chi connectivity index (χ4n) is 2.65. The first-order valence-corrected chi connectivity index (χ1v) is 7.50. The van der Waals surface area contributed by atoms with Gasteiger partial charge in [-0.05, 0) is 43.6 Å². The highest BCUT2D eigenvalue weighted by Crippen LogP contribution is 2.18. The van der Waals surface area contributed by atoms with E-state index in [0.717, 1.165) is 31.3 Å². The van der Waals surface area contributed by atoms with Gasteiger partial charge in [0.2, 0.25) is 0 Å². The topological polar surface area (TPSA) is 59.3 Å². The molecule has 1 aliphatic heterocycles. The van der Waals surface area contributed by atoms with Gasteiger partial charge in [-0.25, -0.2) is 0 Å². The number of aryl methyl sites for hydroxylation is 1. The summed E-state index contributed by atoms with van der Waals surface area (Å²) in [5.74, 6) is 0.774. The largest absolute Gasteiger partial charge is 0.373 e. The standard InChI is InChI=1S/C15H22N6O/c1-12-4-6-13(7-5-12)21-15(16-17-18-21)20-8-9-22-14(11-20)10-19(2)3/h4-7,14H,8-11H2,1-3H3. The summed E-state index contributed by atoms with van der Waals surface area (Å²) in [5.41, 5.74) is 2.19. The molecule has 0 radical (unpaired) electrons. The minimum absolute atomic E-state index is 0.173. The van der Waals surface area contributed by atoms with Gasteiger partial charge >= 0.3 is 0 Å². The van der Waals surface area contributed by atoms with Crippen molar-refractivity contribution >= 4 is 5.95 Å². The van der Waals surface area contributed by atoms with Gasteiger partial charge in [0.1, 0.15) is 0 Å². The predicted octanol–water partition coefficient (Wildman–Crippen LogP) is 0.738. The Kier molecular flexibility index (Phi) is 4.35. The van der Waals surface area contributed by atoms with E-state index in [4.69, 9.17) is 4.74 Å². The Balaban J connectivity index is 1.80. The van der Waals surface area contributed by atoms with Crippen molar-refractivity contribution in [3.05, 3.63) is 29.8 Å². The quantitative estimate of drug-likeness (QED) is 0.830. The van der Waals surface area contributed by atoms with Crippen LogP contribution in [-0.2, 0) is 4.74 Å². The number of morpholine rings is 1. The summed E-state index contributed by atoms with van der Waals surface area (Å²) in [4.78, 5) is 4.33. The molecule has 2 heterocycles. The molecule has 0 aliphatic carbocycles. The van der Waals surface area contributed by atoms with E-state index in [-0.39, 0.29) is 6.10 Å². The van der Waals surface area contributed by atoms with Gasteiger partial charge < -0.3 is 14.5 Å². The zero-order valence-electron chi connectivity index (χ0n) is 13.3. The Morgan fingerprint density at radius 3 is 2.77 bits per heavy atom. The molecule has 0 spiro atoms. The number of likely N-dealkylation sites (N-methyl/N-ethyl adjacent to an activating group) is 1. The van der Waals surface area contributed by atoms with Crippen molar-refractivity contribution in [3.63, 3.8) is 0 Å². The van der Waals surface area contributed by atoms with E-state index >= 15 is 0 Å². The Hall–Kier alpha value is -1.99. The molecule has 1 unspecified atom stereocenters. The lowest BCUT2D eigenvalue weighted by Crippen LogP contribution is -2.47. The van der Waals surface area contributed by atoms with E-state index in [0.29, 0.717) is 6.61 Å². The maximum Gasteiger partial charge on any atom is 0.250 e. The van der Waals surface area contributed by atoms with Crippen molar-refractivity contribution in [2.24, 2.45) is 0 Å². The molecule has 0 bridgehead atoms. The number of benzene rings is 1. The number of aromatic nitrogens is 4. The molecule has 2 aromatic rings. The van der Waals surface area contributed by atoms with Gasteiger partial charge in [0.25, 0.3) is 5.95 Å². The molecule has 0 saturated carbocycles. The minimum Gasteiger partial charge on any atom is -0.373 e. The first kappa shape index (κ1) is 14.9. The highest BCUT2D eigenvalue weighted by molar-refractivity contribution is 5.42. The third-order valence-electron chi connectivity index (χ3n) is 3.72. The molecule has 1 saturated heterocycles. The summed E-state index contributed by atoms with van der Waals surface area (Å²) in [6.07, 6.45) is 0.173. The molecule has 0 N–H and O–H groups in total. The van der Waals surface area contributed by atoms with Gasteiger partial charge in [0, 0.05) is 19.6 Å². The van der Waals surface area contributed by atoms with Gasteiger partial charge in [-0.3, -0.25) is 0 Å². The molecule has 0 amide bonds. The second-order valence-corrected chi connectivity index (χ2v) is 5.93. The Morgan fingerprint density at radius 1 is 1.27 bits per heavy atom. The zero-order chi connectivity index (χ0) is 15.5. The maximum atomic E-state index is 5.82. The van der Waals surface area contributed by atoms with E-state index < -0.39 is 0 Å². The van der Waals surface area contributed by atoms with Crippen LogP contribution in [0.5, 0.6) is 0 Å². The molecule has 1 aromatic heterocycles. The first-order chi connectivity index (χ1) is 10.6. The molecule has 1 atom stereocenters. The fraction of sp³-hybridized carbons (Fsp3) is 0.533. The van der Waals surface area contributed by atoms with Crippen LogP contribution in [0.15, 0.2) is 24.3 Å². The number of rotatable bonds is 4. The van der Waals surface area contributed by atoms with E-state index in [1.807, 2.05) is 12.1 Å². The van der Waals surface area contributed by atoms with Gasteiger partial charge in [0.15, 0.2) is 0 Å². The summed E-state index contributed by atoms with van der Waals surface area (Å²) in [5, 5.41) is 12.2. The lowest BCUT2D eigenvalue weighted by Gasteiger charge is -2.34. The molecule has 3 rings (SSSR count). The summed E-state index contributed by atoms with van der Waals surface area (Å²) in [6, 6.07) is 8.20. The second-order valence-electron chi connectivity index (χ2n) is 5.93. The van der Waals surface area contributed by atoms with Gasteiger partial charge in [-0.15, -0.1) is 0 Å². The number of ether oxygens (including phenoxy) is 1. The lowest BCUT2D eigenvalue weighted by atomic mass is 10.2. The molecule has 1 aromatic carbocycles. The Labute approximate surface area is 130 Å². The van der Waals surface area contributed by atoms with Crippen LogP contribution in [0.2, 0.25) is 0 Å². The molecular weight excluding hydrogens is 280 g/mol. The van der Waals surface area contributed by atoms with Crippen molar-refractivity contribution in [2.75, 3.05) is 45.2 Å². The number of nitrogens with zero attached hydrogens (tertiary/aromatic N) is 6.